The highest BCUT2D eigenvalue weighted by molar-refractivity contribution is 9.11. The number of nitro benzene ring substituents is 1. The topological polar surface area (TPSA) is 64.4 Å². The van der Waals surface area contributed by atoms with Crippen LogP contribution in [-0.4, -0.2) is 11.5 Å². The van der Waals surface area contributed by atoms with Gasteiger partial charge in [0.1, 0.15) is 11.4 Å². The molecular formula is C13H13BrN2O3S. The van der Waals surface area contributed by atoms with Crippen LogP contribution in [0.25, 0.3) is 0 Å². The predicted molar refractivity (Wildman–Crippen MR) is 83.6 cm³/mol. The van der Waals surface area contributed by atoms with Crippen LogP contribution in [0.4, 0.5) is 11.4 Å². The molecule has 0 atom stereocenters. The van der Waals surface area contributed by atoms with E-state index in [1.807, 2.05) is 19.1 Å². The largest absolute Gasteiger partial charge is 0.494 e. The van der Waals surface area contributed by atoms with E-state index in [1.165, 1.54) is 6.07 Å². The molecule has 0 radical (unpaired) electrons. The molecule has 20 heavy (non-hydrogen) atoms. The van der Waals surface area contributed by atoms with Crippen LogP contribution in [0.3, 0.4) is 0 Å². The van der Waals surface area contributed by atoms with Gasteiger partial charge >= 0.3 is 0 Å². The summed E-state index contributed by atoms with van der Waals surface area (Å²) in [5, 5.41) is 14.2. The lowest BCUT2D eigenvalue weighted by Crippen LogP contribution is -2.02. The standard InChI is InChI=1S/C13H13BrN2O3S/c1-2-19-9-3-5-11(12(7-9)16(17)18)15-8-10-4-6-13(14)20-10/h3-7,15H,2,8H2,1H3. The van der Waals surface area contributed by atoms with Crippen LogP contribution < -0.4 is 10.1 Å². The third-order valence-electron chi connectivity index (χ3n) is 2.56. The Balaban J connectivity index is 2.15. The van der Waals surface area contributed by atoms with E-state index in [1.54, 1.807) is 23.5 Å². The number of hydrogen-bond donors (Lipinski definition) is 1. The molecule has 0 bridgehead atoms. The van der Waals surface area contributed by atoms with Gasteiger partial charge in [-0.05, 0) is 47.1 Å². The number of nitro groups is 1. The van der Waals surface area contributed by atoms with Crippen LogP contribution in [0.2, 0.25) is 0 Å². The lowest BCUT2D eigenvalue weighted by molar-refractivity contribution is -0.384. The highest BCUT2D eigenvalue weighted by atomic mass is 79.9. The van der Waals surface area contributed by atoms with Gasteiger partial charge in [-0.2, -0.15) is 0 Å². The van der Waals surface area contributed by atoms with Crippen LogP contribution in [0.1, 0.15) is 11.8 Å². The lowest BCUT2D eigenvalue weighted by Gasteiger charge is -2.08. The van der Waals surface area contributed by atoms with Gasteiger partial charge in [-0.15, -0.1) is 11.3 Å². The molecule has 0 spiro atoms. The molecule has 0 unspecified atom stereocenters. The number of hydrogen-bond acceptors (Lipinski definition) is 5. The zero-order chi connectivity index (χ0) is 14.5. The fraction of sp³-hybridized carbons (Fsp3) is 0.231. The summed E-state index contributed by atoms with van der Waals surface area (Å²) in [5.74, 6) is 0.503. The number of rotatable bonds is 6. The molecule has 7 heteroatoms. The van der Waals surface area contributed by atoms with Gasteiger partial charge in [0.2, 0.25) is 0 Å². The molecule has 0 saturated carbocycles. The first-order valence-corrected chi connectivity index (χ1v) is 7.60. The van der Waals surface area contributed by atoms with Crippen LogP contribution >= 0.6 is 27.3 Å². The molecule has 0 aliphatic rings. The van der Waals surface area contributed by atoms with Crippen LogP contribution in [0.5, 0.6) is 5.75 Å². The Hall–Kier alpha value is -1.60. The molecular weight excluding hydrogens is 344 g/mol. The Morgan fingerprint density at radius 2 is 2.20 bits per heavy atom. The molecule has 1 N–H and O–H groups in total. The van der Waals surface area contributed by atoms with Crippen LogP contribution in [-0.2, 0) is 6.54 Å². The number of thiophene rings is 1. The average Bonchev–Trinajstić information content (AvgIpc) is 2.83. The molecule has 0 amide bonds. The van der Waals surface area contributed by atoms with Gasteiger partial charge in [-0.3, -0.25) is 10.1 Å². The highest BCUT2D eigenvalue weighted by Gasteiger charge is 2.15. The minimum atomic E-state index is -0.408. The van der Waals surface area contributed by atoms with E-state index in [2.05, 4.69) is 21.2 Å². The summed E-state index contributed by atoms with van der Waals surface area (Å²) in [6.45, 7) is 2.87. The molecule has 0 saturated heterocycles. The molecule has 0 aliphatic carbocycles. The quantitative estimate of drug-likeness (QED) is 0.614. The monoisotopic (exact) mass is 356 g/mol. The molecule has 5 nitrogen and oxygen atoms in total. The Bertz CT molecular complexity index is 615. The fourth-order valence-electron chi connectivity index (χ4n) is 1.70. The number of benzene rings is 1. The van der Waals surface area contributed by atoms with Crippen molar-refractivity contribution in [3.8, 4) is 5.75 Å². The lowest BCUT2D eigenvalue weighted by atomic mass is 10.2. The van der Waals surface area contributed by atoms with Gasteiger partial charge in [0.15, 0.2) is 0 Å². The van der Waals surface area contributed by atoms with Gasteiger partial charge in [0.25, 0.3) is 5.69 Å². The van der Waals surface area contributed by atoms with Crippen molar-refractivity contribution in [2.24, 2.45) is 0 Å². The maximum Gasteiger partial charge on any atom is 0.296 e. The van der Waals surface area contributed by atoms with Gasteiger partial charge in [0.05, 0.1) is 21.4 Å². The van der Waals surface area contributed by atoms with Crippen molar-refractivity contribution in [1.82, 2.24) is 0 Å². The molecule has 0 fully saturated rings. The van der Waals surface area contributed by atoms with Crippen LogP contribution in [0, 0.1) is 10.1 Å². The normalized spacial score (nSPS) is 10.3. The smallest absolute Gasteiger partial charge is 0.296 e. The number of nitrogens with one attached hydrogen (secondary N) is 1. The van der Waals surface area contributed by atoms with Crippen molar-refractivity contribution in [2.75, 3.05) is 11.9 Å². The predicted octanol–water partition coefficient (Wildman–Crippen LogP) is 4.43. The third kappa shape index (κ3) is 3.71. The minimum Gasteiger partial charge on any atom is -0.494 e. The molecule has 1 heterocycles. The van der Waals surface area contributed by atoms with E-state index < -0.39 is 4.92 Å². The van der Waals surface area contributed by atoms with Crippen molar-refractivity contribution in [3.05, 3.63) is 49.1 Å². The van der Waals surface area contributed by atoms with Crippen LogP contribution in [0.15, 0.2) is 34.1 Å². The average molecular weight is 357 g/mol. The van der Waals surface area contributed by atoms with Gasteiger partial charge in [0, 0.05) is 11.4 Å². The van der Waals surface area contributed by atoms with Crippen molar-refractivity contribution in [2.45, 2.75) is 13.5 Å². The van der Waals surface area contributed by atoms with Crippen molar-refractivity contribution in [3.63, 3.8) is 0 Å². The first-order chi connectivity index (χ1) is 9.60. The zero-order valence-corrected chi connectivity index (χ0v) is 13.2. The number of ether oxygens (including phenoxy) is 1. The summed E-state index contributed by atoms with van der Waals surface area (Å²) in [6.07, 6.45) is 0. The van der Waals surface area contributed by atoms with Gasteiger partial charge < -0.3 is 10.1 Å². The first-order valence-electron chi connectivity index (χ1n) is 5.99. The Morgan fingerprint density at radius 1 is 1.40 bits per heavy atom. The second-order valence-corrected chi connectivity index (χ2v) is 6.48. The molecule has 2 aromatic rings. The van der Waals surface area contributed by atoms with E-state index in [9.17, 15) is 10.1 Å². The van der Waals surface area contributed by atoms with Crippen molar-refractivity contribution in [1.29, 1.82) is 0 Å². The third-order valence-corrected chi connectivity index (χ3v) is 4.18. The summed E-state index contributed by atoms with van der Waals surface area (Å²) in [7, 11) is 0. The van der Waals surface area contributed by atoms with E-state index in [0.29, 0.717) is 24.6 Å². The molecule has 1 aromatic carbocycles. The molecule has 0 aliphatic heterocycles. The van der Waals surface area contributed by atoms with Gasteiger partial charge in [-0.25, -0.2) is 0 Å². The van der Waals surface area contributed by atoms with E-state index in [0.717, 1.165) is 8.66 Å². The Kier molecular flexibility index (Phi) is 4.97. The maximum atomic E-state index is 11.1. The zero-order valence-electron chi connectivity index (χ0n) is 10.8. The number of nitrogens with zero attached hydrogens (tertiary/aromatic N) is 1. The fourth-order valence-corrected chi connectivity index (χ4v) is 3.12. The summed E-state index contributed by atoms with van der Waals surface area (Å²) >= 11 is 4.98. The van der Waals surface area contributed by atoms with Gasteiger partial charge in [-0.1, -0.05) is 0 Å². The molecule has 2 rings (SSSR count). The van der Waals surface area contributed by atoms with E-state index in [4.69, 9.17) is 4.74 Å². The van der Waals surface area contributed by atoms with E-state index >= 15 is 0 Å². The summed E-state index contributed by atoms with van der Waals surface area (Å²) in [6, 6.07) is 8.77. The SMILES string of the molecule is CCOc1ccc(NCc2ccc(Br)s2)c([N+](=O)[O-])c1. The highest BCUT2D eigenvalue weighted by Crippen LogP contribution is 2.30. The number of halogens is 1. The summed E-state index contributed by atoms with van der Waals surface area (Å²) in [5.41, 5.74) is 0.509. The van der Waals surface area contributed by atoms with Crippen molar-refractivity contribution < 1.29 is 9.66 Å². The summed E-state index contributed by atoms with van der Waals surface area (Å²) in [4.78, 5) is 11.8. The molecule has 1 aromatic heterocycles. The molecule has 106 valence electrons. The maximum absolute atomic E-state index is 11.1. The Labute approximate surface area is 128 Å². The second kappa shape index (κ2) is 6.71. The number of anilines is 1. The van der Waals surface area contributed by atoms with E-state index in [-0.39, 0.29) is 5.69 Å². The summed E-state index contributed by atoms with van der Waals surface area (Å²) < 4.78 is 6.32. The second-order valence-electron chi connectivity index (χ2n) is 3.93. The minimum absolute atomic E-state index is 0.0200. The van der Waals surface area contributed by atoms with Crippen molar-refractivity contribution >= 4 is 38.6 Å². The first kappa shape index (κ1) is 14.8. The Morgan fingerprint density at radius 3 is 2.80 bits per heavy atom.